The first-order chi connectivity index (χ1) is 8.88. The van der Waals surface area contributed by atoms with Crippen LogP contribution < -0.4 is 10.5 Å². The third-order valence-electron chi connectivity index (χ3n) is 3.89. The van der Waals surface area contributed by atoms with E-state index in [0.717, 1.165) is 31.2 Å². The molecule has 0 unspecified atom stereocenters. The summed E-state index contributed by atoms with van der Waals surface area (Å²) in [5, 5.41) is 0. The number of aryl methyl sites for hydroxylation is 1. The van der Waals surface area contributed by atoms with E-state index in [-0.39, 0.29) is 6.04 Å². The first-order valence-electron chi connectivity index (χ1n) is 6.77. The number of sulfonamides is 1. The average molecular weight is 282 g/mol. The van der Waals surface area contributed by atoms with Crippen LogP contribution in [0.5, 0.6) is 0 Å². The molecule has 4 nitrogen and oxygen atoms in total. The molecular weight excluding hydrogens is 260 g/mol. The monoisotopic (exact) mass is 282 g/mol. The Labute approximate surface area is 115 Å². The lowest BCUT2D eigenvalue weighted by atomic mass is 9.88. The zero-order valence-electron chi connectivity index (χ0n) is 11.5. The molecule has 0 bridgehead atoms. The third kappa shape index (κ3) is 3.48. The molecule has 1 aromatic carbocycles. The molecule has 1 saturated carbocycles. The number of nitrogens with one attached hydrogen (secondary N) is 1. The molecular formula is C14H22N2O2S. The summed E-state index contributed by atoms with van der Waals surface area (Å²) in [7, 11) is -3.42. The van der Waals surface area contributed by atoms with Gasteiger partial charge in [-0.1, -0.05) is 6.92 Å². The predicted octanol–water partition coefficient (Wildman–Crippen LogP) is 2.43. The second-order valence-corrected chi connectivity index (χ2v) is 7.31. The van der Waals surface area contributed by atoms with Gasteiger partial charge in [0.05, 0.1) is 4.90 Å². The highest BCUT2D eigenvalue weighted by Gasteiger charge is 2.24. The Morgan fingerprint density at radius 1 is 1.21 bits per heavy atom. The Hall–Kier alpha value is -1.07. The first kappa shape index (κ1) is 14.3. The zero-order chi connectivity index (χ0) is 14.0. The summed E-state index contributed by atoms with van der Waals surface area (Å²) < 4.78 is 27.4. The van der Waals surface area contributed by atoms with Crippen molar-refractivity contribution < 1.29 is 8.42 Å². The lowest BCUT2D eigenvalue weighted by Gasteiger charge is -2.26. The van der Waals surface area contributed by atoms with Gasteiger partial charge in [0, 0.05) is 11.7 Å². The maximum atomic E-state index is 12.3. The number of nitrogen functional groups attached to an aromatic ring is 1. The van der Waals surface area contributed by atoms with E-state index < -0.39 is 10.0 Å². The van der Waals surface area contributed by atoms with Gasteiger partial charge in [-0.2, -0.15) is 0 Å². The van der Waals surface area contributed by atoms with Gasteiger partial charge in [0.1, 0.15) is 0 Å². The van der Waals surface area contributed by atoms with E-state index in [4.69, 9.17) is 5.73 Å². The Balaban J connectivity index is 2.11. The van der Waals surface area contributed by atoms with Crippen LogP contribution in [0, 0.1) is 12.8 Å². The Morgan fingerprint density at radius 2 is 1.84 bits per heavy atom. The molecule has 1 aromatic rings. The highest BCUT2D eigenvalue weighted by molar-refractivity contribution is 7.89. The minimum Gasteiger partial charge on any atom is -0.399 e. The SMILES string of the molecule is Cc1cc(S(=O)(=O)NC2CCC(C)CC2)ccc1N. The largest absolute Gasteiger partial charge is 0.399 e. The van der Waals surface area contributed by atoms with Crippen molar-refractivity contribution in [2.24, 2.45) is 5.92 Å². The van der Waals surface area contributed by atoms with Crippen molar-refractivity contribution in [3.8, 4) is 0 Å². The molecule has 0 radical (unpaired) electrons. The summed E-state index contributed by atoms with van der Waals surface area (Å²) >= 11 is 0. The van der Waals surface area contributed by atoms with Gasteiger partial charge in [0.15, 0.2) is 0 Å². The number of hydrogen-bond acceptors (Lipinski definition) is 3. The highest BCUT2D eigenvalue weighted by Crippen LogP contribution is 2.25. The molecule has 106 valence electrons. The number of nitrogens with two attached hydrogens (primary N) is 1. The second-order valence-electron chi connectivity index (χ2n) is 5.60. The minimum absolute atomic E-state index is 0.0686. The van der Waals surface area contributed by atoms with Gasteiger partial charge in [-0.05, 0) is 62.3 Å². The van der Waals surface area contributed by atoms with Crippen molar-refractivity contribution >= 4 is 15.7 Å². The van der Waals surface area contributed by atoms with Gasteiger partial charge >= 0.3 is 0 Å². The summed E-state index contributed by atoms with van der Waals surface area (Å²) in [6.07, 6.45) is 4.03. The topological polar surface area (TPSA) is 72.2 Å². The Bertz CT molecular complexity index is 547. The molecule has 0 heterocycles. The number of hydrogen-bond donors (Lipinski definition) is 2. The summed E-state index contributed by atoms with van der Waals surface area (Å²) in [5.41, 5.74) is 7.12. The van der Waals surface area contributed by atoms with Crippen LogP contribution in [0.3, 0.4) is 0 Å². The van der Waals surface area contributed by atoms with Crippen LogP contribution in [0.15, 0.2) is 23.1 Å². The van der Waals surface area contributed by atoms with E-state index in [2.05, 4.69) is 11.6 Å². The van der Waals surface area contributed by atoms with Crippen LogP contribution >= 0.6 is 0 Å². The van der Waals surface area contributed by atoms with Gasteiger partial charge in [-0.3, -0.25) is 0 Å². The van der Waals surface area contributed by atoms with E-state index in [1.807, 2.05) is 6.92 Å². The lowest BCUT2D eigenvalue weighted by Crippen LogP contribution is -2.37. The standard InChI is InChI=1S/C14H22N2O2S/c1-10-3-5-12(6-4-10)16-19(17,18)13-7-8-14(15)11(2)9-13/h7-10,12,16H,3-6,15H2,1-2H3. The maximum Gasteiger partial charge on any atom is 0.240 e. The Kier molecular flexibility index (Phi) is 4.16. The third-order valence-corrected chi connectivity index (χ3v) is 5.41. The van der Waals surface area contributed by atoms with E-state index >= 15 is 0 Å². The van der Waals surface area contributed by atoms with Crippen LogP contribution in [0.4, 0.5) is 5.69 Å². The molecule has 1 aliphatic carbocycles. The van der Waals surface area contributed by atoms with Crippen molar-refractivity contribution in [3.63, 3.8) is 0 Å². The highest BCUT2D eigenvalue weighted by atomic mass is 32.2. The van der Waals surface area contributed by atoms with Crippen LogP contribution in [0.1, 0.15) is 38.2 Å². The summed E-state index contributed by atoms with van der Waals surface area (Å²) in [5.74, 6) is 0.708. The average Bonchev–Trinajstić information content (AvgIpc) is 2.35. The molecule has 0 aliphatic heterocycles. The molecule has 5 heteroatoms. The quantitative estimate of drug-likeness (QED) is 0.836. The van der Waals surface area contributed by atoms with Gasteiger partial charge < -0.3 is 5.73 Å². The van der Waals surface area contributed by atoms with E-state index in [9.17, 15) is 8.42 Å². The van der Waals surface area contributed by atoms with E-state index in [1.54, 1.807) is 18.2 Å². The number of rotatable bonds is 3. The minimum atomic E-state index is -3.42. The maximum absolute atomic E-state index is 12.3. The number of anilines is 1. The zero-order valence-corrected chi connectivity index (χ0v) is 12.3. The predicted molar refractivity (Wildman–Crippen MR) is 77.3 cm³/mol. The molecule has 0 aromatic heterocycles. The van der Waals surface area contributed by atoms with Crippen molar-refractivity contribution in [1.29, 1.82) is 0 Å². The van der Waals surface area contributed by atoms with Crippen LogP contribution in [-0.2, 0) is 10.0 Å². The van der Waals surface area contributed by atoms with Crippen LogP contribution in [0.25, 0.3) is 0 Å². The molecule has 0 amide bonds. The molecule has 3 N–H and O–H groups in total. The van der Waals surface area contributed by atoms with Gasteiger partial charge in [0.2, 0.25) is 10.0 Å². The second kappa shape index (κ2) is 5.51. The molecule has 2 rings (SSSR count). The van der Waals surface area contributed by atoms with Crippen molar-refractivity contribution in [1.82, 2.24) is 4.72 Å². The molecule has 1 fully saturated rings. The summed E-state index contributed by atoms with van der Waals surface area (Å²) in [4.78, 5) is 0.304. The van der Waals surface area contributed by atoms with Gasteiger partial charge in [-0.15, -0.1) is 0 Å². The normalized spacial score (nSPS) is 24.3. The fraction of sp³-hybridized carbons (Fsp3) is 0.571. The fourth-order valence-corrected chi connectivity index (χ4v) is 3.87. The van der Waals surface area contributed by atoms with Crippen molar-refractivity contribution in [2.45, 2.75) is 50.5 Å². The van der Waals surface area contributed by atoms with Crippen molar-refractivity contribution in [3.05, 3.63) is 23.8 Å². The molecule has 0 spiro atoms. The van der Waals surface area contributed by atoms with E-state index in [0.29, 0.717) is 16.5 Å². The van der Waals surface area contributed by atoms with Gasteiger partial charge in [0.25, 0.3) is 0 Å². The van der Waals surface area contributed by atoms with Gasteiger partial charge in [-0.25, -0.2) is 13.1 Å². The lowest BCUT2D eigenvalue weighted by molar-refractivity contribution is 0.332. The van der Waals surface area contributed by atoms with Crippen molar-refractivity contribution in [2.75, 3.05) is 5.73 Å². The molecule has 1 aliphatic rings. The smallest absolute Gasteiger partial charge is 0.240 e. The molecule has 19 heavy (non-hydrogen) atoms. The number of benzene rings is 1. The summed E-state index contributed by atoms with van der Waals surface area (Å²) in [6, 6.07) is 4.91. The summed E-state index contributed by atoms with van der Waals surface area (Å²) in [6.45, 7) is 4.03. The first-order valence-corrected chi connectivity index (χ1v) is 8.25. The van der Waals surface area contributed by atoms with Crippen LogP contribution in [-0.4, -0.2) is 14.5 Å². The Morgan fingerprint density at radius 3 is 2.42 bits per heavy atom. The van der Waals surface area contributed by atoms with E-state index in [1.165, 1.54) is 0 Å². The molecule has 0 atom stereocenters. The van der Waals surface area contributed by atoms with Crippen LogP contribution in [0.2, 0.25) is 0 Å². The fourth-order valence-electron chi connectivity index (χ4n) is 2.48. The molecule has 0 saturated heterocycles.